The van der Waals surface area contributed by atoms with Crippen molar-refractivity contribution >= 4 is 43.9 Å². The molecule has 122 valence electrons. The Morgan fingerprint density at radius 1 is 1.12 bits per heavy atom. The van der Waals surface area contributed by atoms with Crippen molar-refractivity contribution in [3.63, 3.8) is 0 Å². The molecule has 3 heterocycles. The molecule has 0 saturated carbocycles. The zero-order valence-corrected chi connectivity index (χ0v) is 13.7. The van der Waals surface area contributed by atoms with Crippen molar-refractivity contribution in [2.75, 3.05) is 7.11 Å². The van der Waals surface area contributed by atoms with E-state index in [0.29, 0.717) is 33.3 Å². The molecule has 1 N–H and O–H groups in total. The van der Waals surface area contributed by atoms with Gasteiger partial charge in [-0.3, -0.25) is 4.79 Å². The zero-order valence-electron chi connectivity index (χ0n) is 13.7. The van der Waals surface area contributed by atoms with Gasteiger partial charge in [0.25, 0.3) is 5.56 Å². The molecule has 0 aliphatic carbocycles. The van der Waals surface area contributed by atoms with Crippen molar-refractivity contribution in [2.45, 2.75) is 6.92 Å². The fourth-order valence-electron chi connectivity index (χ4n) is 3.49. The van der Waals surface area contributed by atoms with Crippen LogP contribution in [0.4, 0.5) is 0 Å². The lowest BCUT2D eigenvalue weighted by atomic mass is 10.0. The molecule has 0 radical (unpaired) electrons. The highest BCUT2D eigenvalue weighted by atomic mass is 16.5. The molecule has 0 spiro atoms. The maximum atomic E-state index is 12.8. The Morgan fingerprint density at radius 2 is 1.96 bits per heavy atom. The molecule has 0 unspecified atom stereocenters. The number of fused-ring (bicyclic) bond motifs is 6. The summed E-state index contributed by atoms with van der Waals surface area (Å²) >= 11 is 0. The van der Waals surface area contributed by atoms with Crippen LogP contribution in [-0.2, 0) is 0 Å². The van der Waals surface area contributed by atoms with Gasteiger partial charge in [-0.05, 0) is 36.8 Å². The molecule has 0 bridgehead atoms. The van der Waals surface area contributed by atoms with Gasteiger partial charge < -0.3 is 14.1 Å². The highest BCUT2D eigenvalue weighted by Gasteiger charge is 2.17. The Hall–Kier alpha value is -3.34. The number of aromatic amines is 1. The maximum absolute atomic E-state index is 12.8. The number of benzene rings is 2. The number of aromatic nitrogens is 2. The van der Waals surface area contributed by atoms with Crippen LogP contribution in [0.5, 0.6) is 5.75 Å². The summed E-state index contributed by atoms with van der Waals surface area (Å²) in [7, 11) is 1.61. The van der Waals surface area contributed by atoms with Crippen molar-refractivity contribution in [3.05, 3.63) is 58.4 Å². The van der Waals surface area contributed by atoms with Crippen molar-refractivity contribution < 1.29 is 9.15 Å². The van der Waals surface area contributed by atoms with E-state index < -0.39 is 0 Å². The Labute approximate surface area is 141 Å². The molecule has 0 aliphatic rings. The molecule has 0 amide bonds. The highest BCUT2D eigenvalue weighted by molar-refractivity contribution is 6.14. The number of hydrogen-bond acceptors (Lipinski definition) is 4. The number of nitrogens with one attached hydrogen (secondary N) is 1. The molecule has 25 heavy (non-hydrogen) atoms. The second kappa shape index (κ2) is 4.83. The molecule has 3 aromatic heterocycles. The van der Waals surface area contributed by atoms with Crippen LogP contribution in [0.1, 0.15) is 5.56 Å². The van der Waals surface area contributed by atoms with Gasteiger partial charge in [0.1, 0.15) is 16.8 Å². The molecular weight excluding hydrogens is 316 g/mol. The van der Waals surface area contributed by atoms with Crippen LogP contribution in [0, 0.1) is 6.92 Å². The van der Waals surface area contributed by atoms with Crippen LogP contribution in [0.25, 0.3) is 43.9 Å². The third kappa shape index (κ3) is 1.83. The number of pyridine rings is 2. The van der Waals surface area contributed by atoms with Gasteiger partial charge in [0, 0.05) is 10.8 Å². The molecule has 0 saturated heterocycles. The van der Waals surface area contributed by atoms with E-state index in [4.69, 9.17) is 14.1 Å². The van der Waals surface area contributed by atoms with Crippen LogP contribution in [-0.4, -0.2) is 17.1 Å². The number of H-pyrrole nitrogens is 1. The van der Waals surface area contributed by atoms with E-state index in [1.165, 1.54) is 0 Å². The first-order valence-electron chi connectivity index (χ1n) is 7.99. The van der Waals surface area contributed by atoms with E-state index in [1.807, 2.05) is 49.4 Å². The number of methoxy groups -OCH3 is 1. The Bertz CT molecular complexity index is 1360. The number of aryl methyl sites for hydroxylation is 1. The molecule has 0 fully saturated rings. The molecule has 5 aromatic rings. The van der Waals surface area contributed by atoms with E-state index in [0.717, 1.165) is 21.9 Å². The highest BCUT2D eigenvalue weighted by Crippen LogP contribution is 2.34. The van der Waals surface area contributed by atoms with E-state index in [-0.39, 0.29) is 5.56 Å². The first-order valence-corrected chi connectivity index (χ1v) is 7.99. The van der Waals surface area contributed by atoms with E-state index in [9.17, 15) is 4.79 Å². The van der Waals surface area contributed by atoms with Gasteiger partial charge >= 0.3 is 0 Å². The van der Waals surface area contributed by atoms with Gasteiger partial charge in [-0.1, -0.05) is 18.2 Å². The topological polar surface area (TPSA) is 68.1 Å². The van der Waals surface area contributed by atoms with Gasteiger partial charge in [-0.2, -0.15) is 0 Å². The minimum Gasteiger partial charge on any atom is -0.497 e. The van der Waals surface area contributed by atoms with Crippen molar-refractivity contribution in [2.24, 2.45) is 0 Å². The van der Waals surface area contributed by atoms with Gasteiger partial charge in [0.15, 0.2) is 5.58 Å². The Kier molecular flexibility index (Phi) is 2.71. The average molecular weight is 330 g/mol. The third-order valence-corrected chi connectivity index (χ3v) is 4.73. The molecule has 2 aromatic carbocycles. The van der Waals surface area contributed by atoms with E-state index >= 15 is 0 Å². The fourth-order valence-corrected chi connectivity index (χ4v) is 3.49. The largest absolute Gasteiger partial charge is 0.497 e. The second-order valence-electron chi connectivity index (χ2n) is 6.10. The summed E-state index contributed by atoms with van der Waals surface area (Å²) in [6.07, 6.45) is 0. The molecule has 5 rings (SSSR count). The quantitative estimate of drug-likeness (QED) is 0.465. The van der Waals surface area contributed by atoms with Gasteiger partial charge in [0.2, 0.25) is 0 Å². The average Bonchev–Trinajstić information content (AvgIpc) is 2.99. The summed E-state index contributed by atoms with van der Waals surface area (Å²) in [5.74, 6) is 0.707. The van der Waals surface area contributed by atoms with Crippen LogP contribution in [0.3, 0.4) is 0 Å². The number of nitrogens with zero attached hydrogens (tertiary/aromatic N) is 1. The van der Waals surface area contributed by atoms with E-state index in [2.05, 4.69) is 4.98 Å². The van der Waals surface area contributed by atoms with Crippen LogP contribution >= 0.6 is 0 Å². The summed E-state index contributed by atoms with van der Waals surface area (Å²) < 4.78 is 11.3. The molecule has 5 heteroatoms. The predicted octanol–water partition coefficient (Wildman–Crippen LogP) is 4.29. The summed E-state index contributed by atoms with van der Waals surface area (Å²) in [5.41, 5.74) is 4.10. The summed E-state index contributed by atoms with van der Waals surface area (Å²) in [6.45, 7) is 1.94. The molecule has 0 atom stereocenters. The summed E-state index contributed by atoms with van der Waals surface area (Å²) in [5, 5.41) is 2.34. The zero-order chi connectivity index (χ0) is 17.1. The third-order valence-electron chi connectivity index (χ3n) is 4.73. The smallest absolute Gasteiger partial charge is 0.258 e. The first-order chi connectivity index (χ1) is 12.2. The lowest BCUT2D eigenvalue weighted by Crippen LogP contribution is -2.08. The number of rotatable bonds is 1. The van der Waals surface area contributed by atoms with Crippen LogP contribution < -0.4 is 10.3 Å². The minimum atomic E-state index is -0.163. The van der Waals surface area contributed by atoms with Crippen LogP contribution in [0.15, 0.2) is 51.7 Å². The van der Waals surface area contributed by atoms with E-state index in [1.54, 1.807) is 7.11 Å². The van der Waals surface area contributed by atoms with Crippen molar-refractivity contribution in [1.82, 2.24) is 9.97 Å². The number of para-hydroxylation sites is 1. The minimum absolute atomic E-state index is 0.163. The lowest BCUT2D eigenvalue weighted by Gasteiger charge is -2.06. The standard InChI is InChI=1S/C20H14N2O3/c1-10-12-5-3-4-6-14(12)21-18-16(10)20(23)22-17-13-9-11(24-2)7-8-15(13)25-19(17)18/h3-9H,1-2H3,(H,22,23). The van der Waals surface area contributed by atoms with Crippen molar-refractivity contribution in [1.29, 1.82) is 0 Å². The number of furan rings is 1. The number of hydrogen-bond donors (Lipinski definition) is 1. The summed E-state index contributed by atoms with van der Waals surface area (Å²) in [6, 6.07) is 13.3. The Morgan fingerprint density at radius 3 is 2.80 bits per heavy atom. The monoisotopic (exact) mass is 330 g/mol. The predicted molar refractivity (Wildman–Crippen MR) is 98.4 cm³/mol. The Balaban J connectivity index is 2.06. The van der Waals surface area contributed by atoms with Gasteiger partial charge in [0.05, 0.1) is 23.5 Å². The first kappa shape index (κ1) is 14.0. The normalized spacial score (nSPS) is 11.8. The summed E-state index contributed by atoms with van der Waals surface area (Å²) in [4.78, 5) is 20.5. The van der Waals surface area contributed by atoms with Crippen LogP contribution in [0.2, 0.25) is 0 Å². The number of ether oxygens (including phenoxy) is 1. The lowest BCUT2D eigenvalue weighted by molar-refractivity contribution is 0.415. The molecule has 0 aliphatic heterocycles. The maximum Gasteiger partial charge on any atom is 0.258 e. The SMILES string of the molecule is COc1ccc2oc3c4nc5ccccc5c(C)c4c(=O)[nH]c3c2c1. The van der Waals surface area contributed by atoms with Gasteiger partial charge in [-0.15, -0.1) is 0 Å². The second-order valence-corrected chi connectivity index (χ2v) is 6.10. The fraction of sp³-hybridized carbons (Fsp3) is 0.100. The van der Waals surface area contributed by atoms with Crippen molar-refractivity contribution in [3.8, 4) is 5.75 Å². The van der Waals surface area contributed by atoms with Gasteiger partial charge in [-0.25, -0.2) is 4.98 Å². The molecule has 5 nitrogen and oxygen atoms in total. The molecular formula is C20H14N2O3.